The monoisotopic (exact) mass is 278 g/mol. The van der Waals surface area contributed by atoms with Crippen molar-refractivity contribution < 1.29 is 4.74 Å². The molecule has 0 fully saturated rings. The highest BCUT2D eigenvalue weighted by Gasteiger charge is 1.97. The normalized spacial score (nSPS) is 10.1. The van der Waals surface area contributed by atoms with Crippen LogP contribution in [-0.2, 0) is 6.61 Å². The zero-order valence-electron chi connectivity index (χ0n) is 8.56. The molecule has 82 valence electrons. The van der Waals surface area contributed by atoms with Crippen molar-refractivity contribution in [1.82, 2.24) is 4.98 Å². The Kier molecular flexibility index (Phi) is 3.41. The van der Waals surface area contributed by atoms with E-state index in [-0.39, 0.29) is 0 Å². The molecule has 0 atom stereocenters. The minimum Gasteiger partial charge on any atom is -0.473 e. The van der Waals surface area contributed by atoms with Crippen LogP contribution in [0.5, 0.6) is 5.88 Å². The van der Waals surface area contributed by atoms with Crippen molar-refractivity contribution >= 4 is 21.6 Å². The number of halogens is 1. The second-order valence-electron chi connectivity index (χ2n) is 3.34. The van der Waals surface area contributed by atoms with Crippen molar-refractivity contribution in [1.29, 1.82) is 0 Å². The van der Waals surface area contributed by atoms with Gasteiger partial charge in [-0.3, -0.25) is 0 Å². The summed E-state index contributed by atoms with van der Waals surface area (Å²) in [6, 6.07) is 11.3. The Balaban J connectivity index is 1.97. The van der Waals surface area contributed by atoms with Gasteiger partial charge in [0.1, 0.15) is 6.61 Å². The van der Waals surface area contributed by atoms with Gasteiger partial charge >= 0.3 is 0 Å². The summed E-state index contributed by atoms with van der Waals surface area (Å²) in [5.41, 5.74) is 7.42. The molecule has 16 heavy (non-hydrogen) atoms. The molecule has 0 radical (unpaired) electrons. The number of hydrogen-bond donors (Lipinski definition) is 1. The van der Waals surface area contributed by atoms with Crippen LogP contribution in [0.4, 0.5) is 5.69 Å². The van der Waals surface area contributed by atoms with Crippen molar-refractivity contribution in [3.05, 3.63) is 52.6 Å². The van der Waals surface area contributed by atoms with Crippen LogP contribution in [-0.4, -0.2) is 4.98 Å². The van der Waals surface area contributed by atoms with E-state index in [1.165, 1.54) is 0 Å². The molecule has 0 bridgehead atoms. The van der Waals surface area contributed by atoms with Crippen LogP contribution in [0.2, 0.25) is 0 Å². The van der Waals surface area contributed by atoms with Gasteiger partial charge in [0.15, 0.2) is 0 Å². The Morgan fingerprint density at radius 1 is 1.12 bits per heavy atom. The van der Waals surface area contributed by atoms with Gasteiger partial charge in [0, 0.05) is 22.4 Å². The molecule has 3 nitrogen and oxygen atoms in total. The molecule has 1 heterocycles. The average molecular weight is 279 g/mol. The van der Waals surface area contributed by atoms with Crippen LogP contribution >= 0.6 is 15.9 Å². The number of ether oxygens (including phenoxy) is 1. The summed E-state index contributed by atoms with van der Waals surface area (Å²) in [7, 11) is 0. The molecule has 0 aliphatic rings. The molecule has 2 N–H and O–H groups in total. The van der Waals surface area contributed by atoms with Gasteiger partial charge in [0.05, 0.1) is 0 Å². The third-order valence-electron chi connectivity index (χ3n) is 2.07. The standard InChI is InChI=1S/C12H11BrN2O/c13-10-3-6-12(15-7-10)16-8-9-1-4-11(14)5-2-9/h1-7H,8,14H2. The molecule has 0 saturated carbocycles. The van der Waals surface area contributed by atoms with E-state index < -0.39 is 0 Å². The molecule has 0 aliphatic heterocycles. The van der Waals surface area contributed by atoms with Gasteiger partial charge in [-0.15, -0.1) is 0 Å². The average Bonchev–Trinajstić information content (AvgIpc) is 2.30. The van der Waals surface area contributed by atoms with Crippen molar-refractivity contribution in [2.45, 2.75) is 6.61 Å². The molecule has 0 unspecified atom stereocenters. The predicted octanol–water partition coefficient (Wildman–Crippen LogP) is 3.01. The van der Waals surface area contributed by atoms with E-state index in [0.717, 1.165) is 15.7 Å². The number of benzene rings is 1. The fourth-order valence-corrected chi connectivity index (χ4v) is 1.45. The number of nitrogens with two attached hydrogens (primary N) is 1. The number of rotatable bonds is 3. The van der Waals surface area contributed by atoms with E-state index in [0.29, 0.717) is 12.5 Å². The van der Waals surface area contributed by atoms with Crippen molar-refractivity contribution in [3.8, 4) is 5.88 Å². The first-order chi connectivity index (χ1) is 7.74. The first-order valence-electron chi connectivity index (χ1n) is 4.83. The number of pyridine rings is 1. The van der Waals surface area contributed by atoms with E-state index in [1.54, 1.807) is 6.20 Å². The highest BCUT2D eigenvalue weighted by Crippen LogP contribution is 2.14. The molecule has 0 saturated heterocycles. The Hall–Kier alpha value is -1.55. The van der Waals surface area contributed by atoms with Crippen LogP contribution in [0.1, 0.15) is 5.56 Å². The smallest absolute Gasteiger partial charge is 0.213 e. The SMILES string of the molecule is Nc1ccc(COc2ccc(Br)cn2)cc1. The molecule has 4 heteroatoms. The topological polar surface area (TPSA) is 48.1 Å². The molecule has 0 spiro atoms. The lowest BCUT2D eigenvalue weighted by Crippen LogP contribution is -1.97. The van der Waals surface area contributed by atoms with Crippen molar-refractivity contribution in [2.24, 2.45) is 0 Å². The highest BCUT2D eigenvalue weighted by molar-refractivity contribution is 9.10. The fraction of sp³-hybridized carbons (Fsp3) is 0.0833. The number of nitrogen functional groups attached to an aromatic ring is 1. The van der Waals surface area contributed by atoms with Gasteiger partial charge in [-0.25, -0.2) is 4.98 Å². The van der Waals surface area contributed by atoms with Crippen LogP contribution in [0.15, 0.2) is 47.1 Å². The predicted molar refractivity (Wildman–Crippen MR) is 67.1 cm³/mol. The Labute approximate surface area is 102 Å². The Bertz CT molecular complexity index is 408. The number of aromatic nitrogens is 1. The summed E-state index contributed by atoms with van der Waals surface area (Å²) in [4.78, 5) is 4.12. The molecule has 1 aromatic heterocycles. The summed E-state index contributed by atoms with van der Waals surface area (Å²) < 4.78 is 6.45. The second-order valence-corrected chi connectivity index (χ2v) is 4.26. The van der Waals surface area contributed by atoms with E-state index in [4.69, 9.17) is 10.5 Å². The summed E-state index contributed by atoms with van der Waals surface area (Å²) >= 11 is 3.32. The maximum Gasteiger partial charge on any atom is 0.213 e. The fourth-order valence-electron chi connectivity index (χ4n) is 1.22. The largest absolute Gasteiger partial charge is 0.473 e. The van der Waals surface area contributed by atoms with Gasteiger partial charge < -0.3 is 10.5 Å². The van der Waals surface area contributed by atoms with E-state index in [2.05, 4.69) is 20.9 Å². The Morgan fingerprint density at radius 3 is 2.50 bits per heavy atom. The van der Waals surface area contributed by atoms with Gasteiger partial charge in [0.2, 0.25) is 5.88 Å². The van der Waals surface area contributed by atoms with Gasteiger partial charge in [0.25, 0.3) is 0 Å². The summed E-state index contributed by atoms with van der Waals surface area (Å²) in [5, 5.41) is 0. The number of hydrogen-bond acceptors (Lipinski definition) is 3. The van der Waals surface area contributed by atoms with Gasteiger partial charge in [-0.1, -0.05) is 12.1 Å². The van der Waals surface area contributed by atoms with Crippen LogP contribution < -0.4 is 10.5 Å². The molecule has 2 rings (SSSR count). The van der Waals surface area contributed by atoms with Crippen LogP contribution in [0.3, 0.4) is 0 Å². The van der Waals surface area contributed by atoms with E-state index >= 15 is 0 Å². The molecule has 0 amide bonds. The number of anilines is 1. The zero-order chi connectivity index (χ0) is 11.4. The zero-order valence-corrected chi connectivity index (χ0v) is 10.1. The summed E-state index contributed by atoms with van der Waals surface area (Å²) in [6.07, 6.45) is 1.71. The van der Waals surface area contributed by atoms with Crippen molar-refractivity contribution in [2.75, 3.05) is 5.73 Å². The minimum absolute atomic E-state index is 0.495. The first kappa shape index (κ1) is 11.0. The van der Waals surface area contributed by atoms with Gasteiger partial charge in [-0.2, -0.15) is 0 Å². The molecular weight excluding hydrogens is 268 g/mol. The molecule has 0 aliphatic carbocycles. The quantitative estimate of drug-likeness (QED) is 0.878. The Morgan fingerprint density at radius 2 is 1.88 bits per heavy atom. The summed E-state index contributed by atoms with van der Waals surface area (Å²) in [5.74, 6) is 0.611. The lowest BCUT2D eigenvalue weighted by Gasteiger charge is -2.05. The molecular formula is C12H11BrN2O. The third kappa shape index (κ3) is 2.97. The molecule has 2 aromatic rings. The number of nitrogens with zero attached hydrogens (tertiary/aromatic N) is 1. The molecule has 1 aromatic carbocycles. The van der Waals surface area contributed by atoms with Gasteiger partial charge in [-0.05, 0) is 39.7 Å². The highest BCUT2D eigenvalue weighted by atomic mass is 79.9. The van der Waals surface area contributed by atoms with Crippen molar-refractivity contribution in [3.63, 3.8) is 0 Å². The lowest BCUT2D eigenvalue weighted by atomic mass is 10.2. The maximum absolute atomic E-state index is 5.59. The van der Waals surface area contributed by atoms with E-state index in [1.807, 2.05) is 36.4 Å². The summed E-state index contributed by atoms with van der Waals surface area (Å²) in [6.45, 7) is 0.495. The van der Waals surface area contributed by atoms with Crippen LogP contribution in [0.25, 0.3) is 0 Å². The van der Waals surface area contributed by atoms with E-state index in [9.17, 15) is 0 Å². The second kappa shape index (κ2) is 4.99. The lowest BCUT2D eigenvalue weighted by molar-refractivity contribution is 0.294. The third-order valence-corrected chi connectivity index (χ3v) is 2.54. The van der Waals surface area contributed by atoms with Crippen LogP contribution in [0, 0.1) is 0 Å². The minimum atomic E-state index is 0.495. The first-order valence-corrected chi connectivity index (χ1v) is 5.62. The maximum atomic E-state index is 5.59.